The van der Waals surface area contributed by atoms with E-state index >= 15 is 0 Å². The van der Waals surface area contributed by atoms with Crippen LogP contribution in [0.5, 0.6) is 0 Å². The van der Waals surface area contributed by atoms with Crippen LogP contribution in [-0.2, 0) is 11.3 Å². The normalized spacial score (nSPS) is 22.0. The zero-order valence-electron chi connectivity index (χ0n) is 14.7. The topological polar surface area (TPSA) is 59.3 Å². The lowest BCUT2D eigenvalue weighted by Gasteiger charge is -2.27. The minimum absolute atomic E-state index is 0.282. The van der Waals surface area contributed by atoms with Crippen LogP contribution in [0.15, 0.2) is 29.1 Å². The van der Waals surface area contributed by atoms with E-state index in [0.29, 0.717) is 21.0 Å². The van der Waals surface area contributed by atoms with E-state index in [1.165, 1.54) is 51.9 Å². The number of allylic oxidation sites excluding steroid dienone is 2. The summed E-state index contributed by atoms with van der Waals surface area (Å²) < 4.78 is 2.22. The largest absolute Gasteiger partial charge is 0.480 e. The Labute approximate surface area is 155 Å². The summed E-state index contributed by atoms with van der Waals surface area (Å²) in [6.07, 6.45) is 8.02. The monoisotopic (exact) mass is 367 g/mol. The molecular weight excluding hydrogens is 346 g/mol. The summed E-state index contributed by atoms with van der Waals surface area (Å²) in [4.78, 5) is 23.4. The molecule has 1 aromatic carbocycles. The highest BCUT2D eigenvalue weighted by Crippen LogP contribution is 2.47. The molecule has 2 aliphatic rings. The highest BCUT2D eigenvalue weighted by atomic mass is 32.1. The second-order valence-corrected chi connectivity index (χ2v) is 8.30. The molecule has 2 unspecified atom stereocenters. The molecule has 2 aliphatic carbocycles. The number of nitrogens with zero attached hydrogens (tertiary/aromatic N) is 1. The number of thiazole rings is 1. The van der Waals surface area contributed by atoms with Gasteiger partial charge < -0.3 is 5.11 Å². The van der Waals surface area contributed by atoms with Gasteiger partial charge in [0.15, 0.2) is 0 Å². The van der Waals surface area contributed by atoms with E-state index in [4.69, 9.17) is 5.11 Å². The number of carbonyl (C=O) groups is 1. The Balaban J connectivity index is 1.80. The number of carboxylic acids is 1. The number of hydrogen-bond acceptors (Lipinski definition) is 3. The molecule has 4 nitrogen and oxygen atoms in total. The van der Waals surface area contributed by atoms with E-state index in [1.54, 1.807) is 0 Å². The van der Waals surface area contributed by atoms with Crippen LogP contribution in [0.25, 0.3) is 18.2 Å². The standard InChI is InChI=1S/C21H21NO3S/c1-12-8-15-4-3-5-17(15)18-9-14(6-7-16(12)18)10-19-21(25)22(11-20(23)24)13(2)26-19/h6-10,15,17H,2-5,11H2,1H3,(H,23,24). The van der Waals surface area contributed by atoms with Crippen LogP contribution >= 0.6 is 11.3 Å². The van der Waals surface area contributed by atoms with Gasteiger partial charge in [-0.3, -0.25) is 14.2 Å². The fraction of sp³-hybridized carbons (Fsp3) is 0.333. The molecule has 5 heteroatoms. The molecule has 1 N–H and O–H groups in total. The molecule has 1 fully saturated rings. The number of benzene rings is 1. The molecule has 0 spiro atoms. The van der Waals surface area contributed by atoms with E-state index in [-0.39, 0.29) is 12.1 Å². The third-order valence-electron chi connectivity index (χ3n) is 5.51. The quantitative estimate of drug-likeness (QED) is 0.907. The smallest absolute Gasteiger partial charge is 0.323 e. The molecule has 0 radical (unpaired) electrons. The average Bonchev–Trinajstić information content (AvgIpc) is 3.15. The lowest BCUT2D eigenvalue weighted by molar-refractivity contribution is -0.137. The van der Waals surface area contributed by atoms with Gasteiger partial charge in [0, 0.05) is 0 Å². The number of aliphatic carboxylic acids is 1. The van der Waals surface area contributed by atoms with Crippen LogP contribution < -0.4 is 14.8 Å². The van der Waals surface area contributed by atoms with Crippen molar-refractivity contribution >= 4 is 35.5 Å². The Morgan fingerprint density at radius 2 is 2.23 bits per heavy atom. The molecule has 1 saturated carbocycles. The Kier molecular flexibility index (Phi) is 4.19. The van der Waals surface area contributed by atoms with Gasteiger partial charge in [-0.1, -0.05) is 37.3 Å². The molecule has 1 heterocycles. The highest BCUT2D eigenvalue weighted by molar-refractivity contribution is 7.07. The first-order chi connectivity index (χ1) is 12.4. The van der Waals surface area contributed by atoms with Crippen LogP contribution in [0.3, 0.4) is 0 Å². The zero-order valence-corrected chi connectivity index (χ0v) is 15.5. The van der Waals surface area contributed by atoms with Crippen LogP contribution in [0.1, 0.15) is 48.8 Å². The van der Waals surface area contributed by atoms with E-state index in [1.807, 2.05) is 12.1 Å². The molecule has 0 saturated heterocycles. The first-order valence-corrected chi connectivity index (χ1v) is 9.70. The molecule has 0 aliphatic heterocycles. The predicted molar refractivity (Wildman–Crippen MR) is 105 cm³/mol. The first kappa shape index (κ1) is 17.0. The van der Waals surface area contributed by atoms with Crippen LogP contribution in [-0.4, -0.2) is 15.6 Å². The van der Waals surface area contributed by atoms with Crippen molar-refractivity contribution in [2.24, 2.45) is 5.92 Å². The van der Waals surface area contributed by atoms with Crippen molar-refractivity contribution in [3.05, 3.63) is 60.5 Å². The van der Waals surface area contributed by atoms with Gasteiger partial charge in [0.05, 0.1) is 9.20 Å². The summed E-state index contributed by atoms with van der Waals surface area (Å²) in [5.74, 6) is 0.181. The van der Waals surface area contributed by atoms with Gasteiger partial charge >= 0.3 is 5.97 Å². The molecule has 2 aromatic rings. The van der Waals surface area contributed by atoms with E-state index in [9.17, 15) is 9.59 Å². The van der Waals surface area contributed by atoms with Gasteiger partial charge in [-0.2, -0.15) is 0 Å². The Morgan fingerprint density at radius 3 is 3.00 bits per heavy atom. The van der Waals surface area contributed by atoms with Crippen molar-refractivity contribution < 1.29 is 9.90 Å². The molecular formula is C21H21NO3S. The summed E-state index contributed by atoms with van der Waals surface area (Å²) in [6.45, 7) is 5.64. The van der Waals surface area contributed by atoms with Gasteiger partial charge in [-0.25, -0.2) is 0 Å². The number of aromatic nitrogens is 1. The molecule has 134 valence electrons. The van der Waals surface area contributed by atoms with Crippen LogP contribution in [0.2, 0.25) is 0 Å². The third-order valence-corrected chi connectivity index (χ3v) is 6.48. The maximum absolute atomic E-state index is 12.5. The molecule has 26 heavy (non-hydrogen) atoms. The first-order valence-electron chi connectivity index (χ1n) is 8.89. The molecule has 0 amide bonds. The predicted octanol–water partition coefficient (Wildman–Crippen LogP) is 2.53. The average molecular weight is 367 g/mol. The third kappa shape index (κ3) is 2.86. The second kappa shape index (κ2) is 6.40. The fourth-order valence-corrected chi connectivity index (χ4v) is 5.24. The maximum atomic E-state index is 12.5. The van der Waals surface area contributed by atoms with Gasteiger partial charge in [0.25, 0.3) is 5.56 Å². The molecule has 4 rings (SSSR count). The Bertz CT molecular complexity index is 1090. The van der Waals surface area contributed by atoms with Gasteiger partial charge in [-0.15, -0.1) is 11.3 Å². The summed E-state index contributed by atoms with van der Waals surface area (Å²) in [7, 11) is 0. The van der Waals surface area contributed by atoms with Gasteiger partial charge in [0.1, 0.15) is 6.54 Å². The van der Waals surface area contributed by atoms with Crippen molar-refractivity contribution in [3.8, 4) is 0 Å². The lowest BCUT2D eigenvalue weighted by atomic mass is 9.78. The van der Waals surface area contributed by atoms with Crippen molar-refractivity contribution in [3.63, 3.8) is 0 Å². The van der Waals surface area contributed by atoms with Crippen LogP contribution in [0, 0.1) is 5.92 Å². The van der Waals surface area contributed by atoms with Gasteiger partial charge in [-0.05, 0) is 59.9 Å². The van der Waals surface area contributed by atoms with Crippen molar-refractivity contribution in [1.29, 1.82) is 0 Å². The van der Waals surface area contributed by atoms with Crippen molar-refractivity contribution in [1.82, 2.24) is 4.57 Å². The van der Waals surface area contributed by atoms with E-state index in [0.717, 1.165) is 5.56 Å². The summed E-state index contributed by atoms with van der Waals surface area (Å²) in [5.41, 5.74) is 4.76. The number of hydrogen-bond donors (Lipinski definition) is 1. The second-order valence-electron chi connectivity index (χ2n) is 7.19. The van der Waals surface area contributed by atoms with Crippen molar-refractivity contribution in [2.45, 2.75) is 38.6 Å². The van der Waals surface area contributed by atoms with Crippen molar-refractivity contribution in [2.75, 3.05) is 0 Å². The lowest BCUT2D eigenvalue weighted by Crippen LogP contribution is -2.33. The minimum atomic E-state index is -1.04. The minimum Gasteiger partial charge on any atom is -0.480 e. The van der Waals surface area contributed by atoms with E-state index in [2.05, 4.69) is 31.7 Å². The molecule has 1 aromatic heterocycles. The number of rotatable bonds is 3. The Morgan fingerprint density at radius 1 is 1.42 bits per heavy atom. The fourth-order valence-electron chi connectivity index (χ4n) is 4.33. The summed E-state index contributed by atoms with van der Waals surface area (Å²) in [6, 6.07) is 6.39. The molecule has 0 bridgehead atoms. The number of fused-ring (bicyclic) bond motifs is 3. The summed E-state index contributed by atoms with van der Waals surface area (Å²) >= 11 is 1.24. The zero-order chi connectivity index (χ0) is 18.4. The molecule has 2 atom stereocenters. The maximum Gasteiger partial charge on any atom is 0.323 e. The Hall–Kier alpha value is -2.40. The SMILES string of the molecule is C=c1sc(=Cc2ccc3c(c2)C2CCCC2C=C3C)c(=O)n1CC(=O)O. The van der Waals surface area contributed by atoms with Crippen LogP contribution in [0.4, 0.5) is 0 Å². The highest BCUT2D eigenvalue weighted by Gasteiger charge is 2.32. The number of carboxylic acid groups (broad SMARTS) is 1. The van der Waals surface area contributed by atoms with E-state index < -0.39 is 5.97 Å². The van der Waals surface area contributed by atoms with Gasteiger partial charge in [0.2, 0.25) is 0 Å². The summed E-state index contributed by atoms with van der Waals surface area (Å²) in [5, 5.41) is 8.96.